The normalized spacial score (nSPS) is 15.0. The number of hydrogen-bond acceptors (Lipinski definition) is 6. The Labute approximate surface area is 188 Å². The lowest BCUT2D eigenvalue weighted by Crippen LogP contribution is -2.31. The highest BCUT2D eigenvalue weighted by atomic mass is 15.3. The zero-order valence-corrected chi connectivity index (χ0v) is 18.8. The fourth-order valence-electron chi connectivity index (χ4n) is 4.33. The van der Waals surface area contributed by atoms with Crippen LogP contribution in [0.4, 0.5) is 11.6 Å². The van der Waals surface area contributed by atoms with E-state index in [-0.39, 0.29) is 0 Å². The number of aromatic nitrogens is 4. The molecule has 7 heteroatoms. The van der Waals surface area contributed by atoms with Crippen molar-refractivity contribution in [2.75, 3.05) is 30.3 Å². The summed E-state index contributed by atoms with van der Waals surface area (Å²) in [6, 6.07) is 14.5. The molecule has 4 heterocycles. The molecule has 0 saturated carbocycles. The Morgan fingerprint density at radius 3 is 2.75 bits per heavy atom. The van der Waals surface area contributed by atoms with Crippen LogP contribution in [0.15, 0.2) is 48.7 Å². The highest BCUT2D eigenvalue weighted by Gasteiger charge is 2.16. The van der Waals surface area contributed by atoms with Crippen molar-refractivity contribution < 1.29 is 0 Å². The first-order chi connectivity index (χ1) is 15.7. The van der Waals surface area contributed by atoms with Crippen molar-refractivity contribution in [3.05, 3.63) is 59.9 Å². The molecule has 1 aliphatic rings. The molecule has 1 saturated heterocycles. The Balaban J connectivity index is 1.40. The monoisotopic (exact) mass is 429 g/mol. The Morgan fingerprint density at radius 2 is 1.91 bits per heavy atom. The third kappa shape index (κ3) is 4.39. The van der Waals surface area contributed by atoms with Gasteiger partial charge in [-0.2, -0.15) is 9.61 Å². The number of piperidine rings is 1. The second-order valence-corrected chi connectivity index (χ2v) is 8.94. The van der Waals surface area contributed by atoms with Crippen LogP contribution < -0.4 is 16.0 Å². The number of anilines is 2. The molecule has 1 aromatic carbocycles. The summed E-state index contributed by atoms with van der Waals surface area (Å²) in [4.78, 5) is 9.71. The van der Waals surface area contributed by atoms with Gasteiger partial charge in [-0.1, -0.05) is 38.1 Å². The molecule has 0 spiro atoms. The van der Waals surface area contributed by atoms with Gasteiger partial charge in [0.05, 0.1) is 24.0 Å². The number of para-hydroxylation sites is 1. The maximum atomic E-state index is 4.92. The highest BCUT2D eigenvalue weighted by molar-refractivity contribution is 5.78. The summed E-state index contributed by atoms with van der Waals surface area (Å²) in [5.74, 6) is 2.86. The Bertz CT molecular complexity index is 1210. The first-order valence-corrected chi connectivity index (χ1v) is 11.6. The third-order valence-corrected chi connectivity index (χ3v) is 6.26. The van der Waals surface area contributed by atoms with Gasteiger partial charge in [0.25, 0.3) is 0 Å². The lowest BCUT2D eigenvalue weighted by molar-refractivity contribution is 0.389. The largest absolute Gasteiger partial charge is 0.370 e. The molecule has 1 fully saturated rings. The molecule has 7 nitrogen and oxygen atoms in total. The van der Waals surface area contributed by atoms with Crippen LogP contribution in [-0.2, 0) is 6.54 Å². The lowest BCUT2D eigenvalue weighted by Gasteiger charge is -2.23. The van der Waals surface area contributed by atoms with E-state index in [2.05, 4.69) is 65.2 Å². The van der Waals surface area contributed by atoms with Crippen LogP contribution in [0.1, 0.15) is 43.9 Å². The van der Waals surface area contributed by atoms with Gasteiger partial charge in [-0.3, -0.25) is 4.98 Å². The maximum Gasteiger partial charge on any atom is 0.163 e. The minimum absolute atomic E-state index is 0.356. The fourth-order valence-corrected chi connectivity index (χ4v) is 4.33. The summed E-state index contributed by atoms with van der Waals surface area (Å²) in [5, 5.41) is 16.4. The molecular weight excluding hydrogens is 398 g/mol. The summed E-state index contributed by atoms with van der Waals surface area (Å²) in [5.41, 5.74) is 4.07. The van der Waals surface area contributed by atoms with Gasteiger partial charge in [0, 0.05) is 23.6 Å². The summed E-state index contributed by atoms with van der Waals surface area (Å²) in [6.45, 7) is 8.13. The van der Waals surface area contributed by atoms with E-state index in [1.807, 2.05) is 22.8 Å². The van der Waals surface area contributed by atoms with Crippen molar-refractivity contribution in [1.82, 2.24) is 24.9 Å². The average Bonchev–Trinajstić information content (AvgIpc) is 3.26. The number of hydrogen-bond donors (Lipinski definition) is 3. The Hall–Kier alpha value is -3.19. The number of pyridine rings is 1. The van der Waals surface area contributed by atoms with Crippen LogP contribution in [-0.4, -0.2) is 39.2 Å². The van der Waals surface area contributed by atoms with Crippen molar-refractivity contribution in [1.29, 1.82) is 0 Å². The topological polar surface area (TPSA) is 79.2 Å². The second-order valence-electron chi connectivity index (χ2n) is 8.94. The Kier molecular flexibility index (Phi) is 5.90. The molecular formula is C25H31N7. The van der Waals surface area contributed by atoms with Crippen LogP contribution in [0.2, 0.25) is 0 Å². The van der Waals surface area contributed by atoms with Crippen LogP contribution in [0.3, 0.4) is 0 Å². The SMILES string of the molecule is CC(C)c1cnn2c(NCc3ccc4ccccc4n3)cc(NCC3CCNCC3)nc12. The van der Waals surface area contributed by atoms with Gasteiger partial charge in [-0.15, -0.1) is 0 Å². The van der Waals surface area contributed by atoms with Gasteiger partial charge in [-0.05, 0) is 49.9 Å². The summed E-state index contributed by atoms with van der Waals surface area (Å²) in [7, 11) is 0. The Morgan fingerprint density at radius 1 is 1.06 bits per heavy atom. The zero-order chi connectivity index (χ0) is 21.9. The predicted octanol–water partition coefficient (Wildman–Crippen LogP) is 4.42. The molecule has 5 rings (SSSR count). The van der Waals surface area contributed by atoms with E-state index in [1.54, 1.807) is 0 Å². The van der Waals surface area contributed by atoms with E-state index < -0.39 is 0 Å². The van der Waals surface area contributed by atoms with Crippen LogP contribution in [0.5, 0.6) is 0 Å². The van der Waals surface area contributed by atoms with Crippen molar-refractivity contribution in [2.45, 2.75) is 39.2 Å². The summed E-state index contributed by atoms with van der Waals surface area (Å²) >= 11 is 0. The number of rotatable bonds is 7. The number of nitrogens with one attached hydrogen (secondary N) is 3. The van der Waals surface area contributed by atoms with Crippen LogP contribution in [0, 0.1) is 5.92 Å². The van der Waals surface area contributed by atoms with Gasteiger partial charge >= 0.3 is 0 Å². The third-order valence-electron chi connectivity index (χ3n) is 6.26. The molecule has 32 heavy (non-hydrogen) atoms. The molecule has 166 valence electrons. The molecule has 4 aromatic rings. The first-order valence-electron chi connectivity index (χ1n) is 11.6. The number of benzene rings is 1. The van der Waals surface area contributed by atoms with Crippen molar-refractivity contribution in [3.8, 4) is 0 Å². The average molecular weight is 430 g/mol. The van der Waals surface area contributed by atoms with Crippen molar-refractivity contribution >= 4 is 28.2 Å². The molecule has 0 aliphatic carbocycles. The minimum Gasteiger partial charge on any atom is -0.370 e. The quantitative estimate of drug-likeness (QED) is 0.403. The molecule has 0 radical (unpaired) electrons. The molecule has 0 atom stereocenters. The molecule has 0 bridgehead atoms. The van der Waals surface area contributed by atoms with E-state index >= 15 is 0 Å². The van der Waals surface area contributed by atoms with Gasteiger partial charge in [-0.25, -0.2) is 4.98 Å². The van der Waals surface area contributed by atoms with Crippen molar-refractivity contribution in [2.24, 2.45) is 5.92 Å². The molecule has 0 unspecified atom stereocenters. The number of fused-ring (bicyclic) bond motifs is 2. The summed E-state index contributed by atoms with van der Waals surface area (Å²) in [6.07, 6.45) is 4.35. The maximum absolute atomic E-state index is 4.92. The van der Waals surface area contributed by atoms with Gasteiger partial charge < -0.3 is 16.0 Å². The summed E-state index contributed by atoms with van der Waals surface area (Å²) < 4.78 is 1.91. The molecule has 1 aliphatic heterocycles. The van der Waals surface area contributed by atoms with E-state index in [0.29, 0.717) is 18.4 Å². The minimum atomic E-state index is 0.356. The van der Waals surface area contributed by atoms with Crippen molar-refractivity contribution in [3.63, 3.8) is 0 Å². The number of nitrogens with zero attached hydrogens (tertiary/aromatic N) is 4. The predicted molar refractivity (Wildman–Crippen MR) is 130 cm³/mol. The first kappa shape index (κ1) is 20.7. The smallest absolute Gasteiger partial charge is 0.163 e. The van der Waals surface area contributed by atoms with Crippen LogP contribution in [0.25, 0.3) is 16.6 Å². The van der Waals surface area contributed by atoms with Gasteiger partial charge in [0.1, 0.15) is 11.6 Å². The molecule has 0 amide bonds. The lowest BCUT2D eigenvalue weighted by atomic mass is 9.98. The van der Waals surface area contributed by atoms with E-state index in [9.17, 15) is 0 Å². The highest BCUT2D eigenvalue weighted by Crippen LogP contribution is 2.25. The van der Waals surface area contributed by atoms with E-state index in [1.165, 1.54) is 12.8 Å². The zero-order valence-electron chi connectivity index (χ0n) is 18.8. The molecule has 3 aromatic heterocycles. The van der Waals surface area contributed by atoms with Gasteiger partial charge in [0.15, 0.2) is 5.65 Å². The fraction of sp³-hybridized carbons (Fsp3) is 0.400. The standard InChI is InChI=1S/C25H31N7/c1-17(2)21-16-29-32-24(28-15-20-8-7-19-5-3-4-6-22(19)30-20)13-23(31-25(21)32)27-14-18-9-11-26-12-10-18/h3-8,13,16-18,26,28H,9-12,14-15H2,1-2H3,(H,27,31). The van der Waals surface area contributed by atoms with Crippen LogP contribution >= 0.6 is 0 Å². The van der Waals surface area contributed by atoms with Gasteiger partial charge in [0.2, 0.25) is 0 Å². The molecule has 3 N–H and O–H groups in total. The second kappa shape index (κ2) is 9.12. The van der Waals surface area contributed by atoms with E-state index in [0.717, 1.165) is 59.1 Å². The van der Waals surface area contributed by atoms with E-state index in [4.69, 9.17) is 9.97 Å².